The second-order valence-corrected chi connectivity index (χ2v) is 11.7. The van der Waals surface area contributed by atoms with Crippen molar-refractivity contribution in [3.05, 3.63) is 99.9 Å². The highest BCUT2D eigenvalue weighted by Gasteiger charge is 2.36. The van der Waals surface area contributed by atoms with Crippen LogP contribution in [0.3, 0.4) is 0 Å². The van der Waals surface area contributed by atoms with Gasteiger partial charge in [0.05, 0.1) is 5.69 Å². The molecule has 46 heavy (non-hydrogen) atoms. The summed E-state index contributed by atoms with van der Waals surface area (Å²) in [6, 6.07) is 10.2. The molecule has 0 amide bonds. The van der Waals surface area contributed by atoms with Crippen LogP contribution in [0.1, 0.15) is 92.5 Å². The molecular formula is C36H53F3N6S. The summed E-state index contributed by atoms with van der Waals surface area (Å²) in [5, 5.41) is 15.9. The summed E-state index contributed by atoms with van der Waals surface area (Å²) in [5.74, 6) is -1.24. The fourth-order valence-corrected chi connectivity index (χ4v) is 6.47. The first-order chi connectivity index (χ1) is 21.9. The number of aryl methyl sites for hydroxylation is 2. The van der Waals surface area contributed by atoms with Gasteiger partial charge in [0.1, 0.15) is 5.49 Å². The predicted octanol–water partition coefficient (Wildman–Crippen LogP) is 9.10. The van der Waals surface area contributed by atoms with Gasteiger partial charge in [-0.2, -0.15) is 13.2 Å². The first-order valence-electron chi connectivity index (χ1n) is 16.0. The second kappa shape index (κ2) is 19.5. The second-order valence-electron chi connectivity index (χ2n) is 10.6. The molecule has 3 aromatic rings. The molecule has 0 bridgehead atoms. The minimum absolute atomic E-state index is 0.177. The van der Waals surface area contributed by atoms with Crippen molar-refractivity contribution < 1.29 is 13.2 Å². The molecule has 0 saturated heterocycles. The summed E-state index contributed by atoms with van der Waals surface area (Å²) < 4.78 is 42.6. The largest absolute Gasteiger partial charge is 0.449 e. The number of pyridine rings is 2. The van der Waals surface area contributed by atoms with Crippen LogP contribution in [0.25, 0.3) is 0 Å². The number of fused-ring (bicyclic) bond motifs is 1. The van der Waals surface area contributed by atoms with E-state index >= 15 is 0 Å². The zero-order valence-electron chi connectivity index (χ0n) is 29.0. The normalized spacial score (nSPS) is 14.9. The van der Waals surface area contributed by atoms with Gasteiger partial charge in [-0.05, 0) is 104 Å². The Morgan fingerprint density at radius 3 is 2.37 bits per heavy atom. The van der Waals surface area contributed by atoms with E-state index in [0.717, 1.165) is 48.3 Å². The highest BCUT2D eigenvalue weighted by Crippen LogP contribution is 2.36. The Morgan fingerprint density at radius 2 is 1.78 bits per heavy atom. The summed E-state index contributed by atoms with van der Waals surface area (Å²) in [4.78, 5) is 5.93. The third-order valence-electron chi connectivity index (χ3n) is 7.66. The summed E-state index contributed by atoms with van der Waals surface area (Å²) in [7, 11) is 1.50. The predicted molar refractivity (Wildman–Crippen MR) is 188 cm³/mol. The van der Waals surface area contributed by atoms with Crippen molar-refractivity contribution in [1.82, 2.24) is 13.9 Å². The number of nitrogens with one attached hydrogen (secondary N) is 2. The Morgan fingerprint density at radius 1 is 1.13 bits per heavy atom. The Balaban J connectivity index is 0.00000166. The summed E-state index contributed by atoms with van der Waals surface area (Å²) >= 11 is 1.76. The molecule has 4 rings (SSSR count). The lowest BCUT2D eigenvalue weighted by Gasteiger charge is -2.25. The molecule has 1 aliphatic rings. The van der Waals surface area contributed by atoms with Crippen molar-refractivity contribution in [3.63, 3.8) is 0 Å². The van der Waals surface area contributed by atoms with Crippen molar-refractivity contribution >= 4 is 17.8 Å². The number of nitrogens with two attached hydrogens (primary N) is 1. The van der Waals surface area contributed by atoms with Gasteiger partial charge in [0, 0.05) is 36.3 Å². The first kappa shape index (κ1) is 40.8. The Labute approximate surface area is 278 Å². The molecule has 2 atom stereocenters. The molecule has 1 aromatic carbocycles. The van der Waals surface area contributed by atoms with Crippen molar-refractivity contribution in [2.75, 3.05) is 13.6 Å². The van der Waals surface area contributed by atoms with Crippen LogP contribution in [0.2, 0.25) is 0 Å². The average molecular weight is 659 g/mol. The van der Waals surface area contributed by atoms with E-state index in [-0.39, 0.29) is 11.4 Å². The first-order valence-corrected chi connectivity index (χ1v) is 16.8. The number of hydrogen-bond acceptors (Lipinski definition) is 6. The number of halogens is 3. The van der Waals surface area contributed by atoms with Gasteiger partial charge in [-0.25, -0.2) is 4.31 Å². The van der Waals surface area contributed by atoms with Crippen molar-refractivity contribution in [2.24, 2.45) is 11.7 Å². The third-order valence-corrected chi connectivity index (χ3v) is 8.74. The lowest BCUT2D eigenvalue weighted by atomic mass is 9.85. The van der Waals surface area contributed by atoms with E-state index in [4.69, 9.17) is 15.8 Å². The number of alkyl halides is 3. The van der Waals surface area contributed by atoms with Gasteiger partial charge in [-0.1, -0.05) is 65.3 Å². The van der Waals surface area contributed by atoms with Crippen LogP contribution in [-0.4, -0.2) is 39.5 Å². The standard InChI is InChI=1S/C31H36F3N5S.2C2H6.CH5N/c1-6-8-26(25-11-12-39(29(35)21(25)5)30(36)31(32,33)34)23-10-9-20(4)24(15-23)18-38-17-22(7-2)14-27-28(40-38)13-19(3)16-37-27;3*1-2/h6,9-13,15-16,22,26,35-36H,1,7-8,14,17-18H2,2-5H3;2*1-2H3;2H2,1H3. The van der Waals surface area contributed by atoms with Crippen LogP contribution in [0, 0.1) is 37.5 Å². The molecule has 10 heteroatoms. The number of aromatic nitrogens is 2. The smallest absolute Gasteiger partial charge is 0.333 e. The number of nitrogens with zero attached hydrogens (tertiary/aromatic N) is 3. The van der Waals surface area contributed by atoms with E-state index in [0.29, 0.717) is 22.5 Å². The topological polar surface area (TPSA) is 94.8 Å². The summed E-state index contributed by atoms with van der Waals surface area (Å²) in [6.07, 6.45) is 2.69. The SMILES string of the molecule is C=CCC(c1ccc(C)c(CN2CC(CC)Cc3ncc(C)cc3S2)c1)c1ccn(C(=N)C(F)(F)F)c(=N)c1C.CC.CC.CN. The molecule has 0 spiro atoms. The Bertz CT molecular complexity index is 1480. The molecule has 0 saturated carbocycles. The van der Waals surface area contributed by atoms with Crippen LogP contribution in [-0.2, 0) is 13.0 Å². The fraction of sp³-hybridized carbons (Fsp3) is 0.472. The lowest BCUT2D eigenvalue weighted by Crippen LogP contribution is -2.38. The van der Waals surface area contributed by atoms with Gasteiger partial charge >= 0.3 is 6.18 Å². The fourth-order valence-electron chi connectivity index (χ4n) is 5.23. The molecule has 254 valence electrons. The van der Waals surface area contributed by atoms with Crippen LogP contribution < -0.4 is 11.2 Å². The number of benzene rings is 1. The van der Waals surface area contributed by atoms with E-state index in [2.05, 4.69) is 61.7 Å². The van der Waals surface area contributed by atoms with Crippen molar-refractivity contribution in [1.29, 1.82) is 10.8 Å². The molecule has 3 heterocycles. The van der Waals surface area contributed by atoms with Gasteiger partial charge in [0.15, 0.2) is 0 Å². The van der Waals surface area contributed by atoms with Gasteiger partial charge in [0.25, 0.3) is 0 Å². The van der Waals surface area contributed by atoms with E-state index < -0.39 is 12.0 Å². The number of rotatable bonds is 7. The minimum Gasteiger partial charge on any atom is -0.333 e. The monoisotopic (exact) mass is 658 g/mol. The number of allylic oxidation sites excluding steroid dienone is 1. The molecule has 0 radical (unpaired) electrons. The quantitative estimate of drug-likeness (QED) is 0.102. The van der Waals surface area contributed by atoms with Crippen molar-refractivity contribution in [2.45, 2.75) is 98.2 Å². The van der Waals surface area contributed by atoms with E-state index in [1.807, 2.05) is 33.9 Å². The third kappa shape index (κ3) is 10.4. The van der Waals surface area contributed by atoms with Crippen LogP contribution >= 0.6 is 11.9 Å². The van der Waals surface area contributed by atoms with Crippen LogP contribution in [0.4, 0.5) is 13.2 Å². The Hall–Kier alpha value is -3.21. The highest BCUT2D eigenvalue weighted by atomic mass is 32.2. The molecule has 0 fully saturated rings. The summed E-state index contributed by atoms with van der Waals surface area (Å²) in [6.45, 7) is 21.6. The minimum atomic E-state index is -4.84. The molecule has 1 aliphatic heterocycles. The van der Waals surface area contributed by atoms with E-state index in [1.54, 1.807) is 31.0 Å². The maximum atomic E-state index is 13.2. The van der Waals surface area contributed by atoms with E-state index in [1.165, 1.54) is 29.3 Å². The van der Waals surface area contributed by atoms with Gasteiger partial charge in [-0.15, -0.1) is 6.58 Å². The van der Waals surface area contributed by atoms with Gasteiger partial charge < -0.3 is 5.73 Å². The molecule has 4 N–H and O–H groups in total. The average Bonchev–Trinajstić information content (AvgIpc) is 3.23. The van der Waals surface area contributed by atoms with Crippen LogP contribution in [0.15, 0.2) is 60.3 Å². The maximum Gasteiger partial charge on any atom is 0.449 e. The highest BCUT2D eigenvalue weighted by molar-refractivity contribution is 7.97. The molecule has 2 unspecified atom stereocenters. The summed E-state index contributed by atoms with van der Waals surface area (Å²) in [5.41, 5.74) is 11.0. The molecule has 6 nitrogen and oxygen atoms in total. The molecule has 2 aromatic heterocycles. The molecule has 0 aliphatic carbocycles. The van der Waals surface area contributed by atoms with Gasteiger partial charge in [0.2, 0.25) is 5.84 Å². The number of hydrogen-bond donors (Lipinski definition) is 3. The maximum absolute atomic E-state index is 13.2. The van der Waals surface area contributed by atoms with Gasteiger partial charge in [-0.3, -0.25) is 20.4 Å². The lowest BCUT2D eigenvalue weighted by molar-refractivity contribution is -0.0626. The van der Waals surface area contributed by atoms with Crippen molar-refractivity contribution in [3.8, 4) is 0 Å². The molecular weight excluding hydrogens is 605 g/mol. The van der Waals surface area contributed by atoms with E-state index in [9.17, 15) is 13.2 Å². The zero-order valence-corrected chi connectivity index (χ0v) is 29.8. The zero-order chi connectivity index (χ0) is 35.2. The van der Waals surface area contributed by atoms with Crippen LogP contribution in [0.5, 0.6) is 0 Å². The Kier molecular flexibility index (Phi) is 17.3.